The number of rotatable bonds is 4. The summed E-state index contributed by atoms with van der Waals surface area (Å²) < 4.78 is 14.7. The van der Waals surface area contributed by atoms with E-state index >= 15 is 0 Å². The van der Waals surface area contributed by atoms with Gasteiger partial charge in [0.15, 0.2) is 0 Å². The minimum absolute atomic E-state index is 1.32. The quantitative estimate of drug-likeness (QED) is 0.337. The summed E-state index contributed by atoms with van der Waals surface area (Å²) in [4.78, 5) is 0. The van der Waals surface area contributed by atoms with Crippen LogP contribution in [0.1, 0.15) is 53.4 Å². The van der Waals surface area contributed by atoms with Crippen molar-refractivity contribution in [3.8, 4) is 0 Å². The van der Waals surface area contributed by atoms with Gasteiger partial charge in [-0.3, -0.25) is 13.6 Å². The standard InChI is InChI=1S/2C4H10.C2HCl6O3P/c2*1-3-4-2;3-1(4,5)10-12(9)11-2(6,7)8/h2*3-4H2,1-2H3;12H. The molecule has 0 radical (unpaired) electrons. The van der Waals surface area contributed by atoms with Crippen molar-refractivity contribution in [1.82, 2.24) is 0 Å². The van der Waals surface area contributed by atoms with E-state index in [1.165, 1.54) is 25.7 Å². The summed E-state index contributed by atoms with van der Waals surface area (Å²) in [6.45, 7) is 8.72. The highest BCUT2D eigenvalue weighted by Crippen LogP contribution is 2.45. The molecule has 20 heavy (non-hydrogen) atoms. The summed E-state index contributed by atoms with van der Waals surface area (Å²) in [5, 5.41) is 0. The molecule has 0 heterocycles. The first-order chi connectivity index (χ1) is 8.93. The third kappa shape index (κ3) is 36.8. The van der Waals surface area contributed by atoms with Crippen LogP contribution in [-0.4, -0.2) is 7.96 Å². The normalized spacial score (nSPS) is 11.3. The Morgan fingerprint density at radius 2 is 0.900 bits per heavy atom. The fourth-order valence-electron chi connectivity index (χ4n) is 0.210. The van der Waals surface area contributed by atoms with E-state index < -0.39 is 16.2 Å². The second-order valence-electron chi connectivity index (χ2n) is 3.35. The van der Waals surface area contributed by atoms with Crippen LogP contribution in [0, 0.1) is 0 Å². The maximum Gasteiger partial charge on any atom is 0.326 e. The highest BCUT2D eigenvalue weighted by atomic mass is 35.6. The molecule has 3 nitrogen and oxygen atoms in total. The van der Waals surface area contributed by atoms with Crippen molar-refractivity contribution in [1.29, 1.82) is 0 Å². The van der Waals surface area contributed by atoms with Gasteiger partial charge in [0.2, 0.25) is 0 Å². The molecule has 10 heteroatoms. The Morgan fingerprint density at radius 1 is 0.700 bits per heavy atom. The van der Waals surface area contributed by atoms with Crippen LogP contribution in [0.4, 0.5) is 0 Å². The highest BCUT2D eigenvalue weighted by molar-refractivity contribution is 7.34. The maximum absolute atomic E-state index is 10.7. The molecule has 0 fully saturated rings. The number of hydrogen-bond acceptors (Lipinski definition) is 3. The first kappa shape index (κ1) is 26.8. The van der Waals surface area contributed by atoms with Gasteiger partial charge in [0, 0.05) is 0 Å². The third-order valence-corrected chi connectivity index (χ3v) is 3.58. The SMILES string of the molecule is CCCC.CCCC.O=[PH](OC(Cl)(Cl)Cl)OC(Cl)(Cl)Cl. The molecule has 0 aromatic heterocycles. The van der Waals surface area contributed by atoms with Gasteiger partial charge in [0.25, 0.3) is 0 Å². The summed E-state index contributed by atoms with van der Waals surface area (Å²) in [7, 11) is -3.15. The Bertz CT molecular complexity index is 204. The summed E-state index contributed by atoms with van der Waals surface area (Å²) in [5.74, 6) is 0. The molecule has 0 amide bonds. The molecule has 0 aliphatic heterocycles. The van der Waals surface area contributed by atoms with E-state index in [1.807, 2.05) is 0 Å². The van der Waals surface area contributed by atoms with Crippen LogP contribution in [0.5, 0.6) is 0 Å². The van der Waals surface area contributed by atoms with Gasteiger partial charge >= 0.3 is 16.2 Å². The molecular formula is C10H21Cl6O3P. The predicted molar refractivity (Wildman–Crippen MR) is 92.9 cm³/mol. The Hall–Kier alpha value is 1.89. The van der Waals surface area contributed by atoms with E-state index in [0.717, 1.165) is 0 Å². The van der Waals surface area contributed by atoms with Crippen LogP contribution < -0.4 is 0 Å². The van der Waals surface area contributed by atoms with Gasteiger partial charge in [0.05, 0.1) is 0 Å². The average Bonchev–Trinajstić information content (AvgIpc) is 2.24. The Morgan fingerprint density at radius 3 is 1.00 bits per heavy atom. The lowest BCUT2D eigenvalue weighted by molar-refractivity contribution is 0.224. The fraction of sp³-hybridized carbons (Fsp3) is 1.00. The lowest BCUT2D eigenvalue weighted by atomic mass is 10.4. The van der Waals surface area contributed by atoms with Crippen LogP contribution in [0.25, 0.3) is 0 Å². The predicted octanol–water partition coefficient (Wildman–Crippen LogP) is 7.68. The molecule has 0 bridgehead atoms. The van der Waals surface area contributed by atoms with Crippen LogP contribution in [-0.2, 0) is 13.6 Å². The molecule has 0 atom stereocenters. The van der Waals surface area contributed by atoms with Crippen LogP contribution in [0.3, 0.4) is 0 Å². The van der Waals surface area contributed by atoms with E-state index in [2.05, 4.69) is 36.7 Å². The molecule has 0 saturated heterocycles. The Kier molecular flexibility index (Phi) is 21.1. The lowest BCUT2D eigenvalue weighted by Gasteiger charge is -2.14. The second kappa shape index (κ2) is 15.8. The van der Waals surface area contributed by atoms with Gasteiger partial charge < -0.3 is 0 Å². The molecule has 0 aliphatic rings. The summed E-state index contributed by atoms with van der Waals surface area (Å²) in [5.41, 5.74) is 0. The molecule has 0 rings (SSSR count). The van der Waals surface area contributed by atoms with E-state index in [1.54, 1.807) is 0 Å². The van der Waals surface area contributed by atoms with Gasteiger partial charge in [0.1, 0.15) is 0 Å². The van der Waals surface area contributed by atoms with Crippen molar-refractivity contribution >= 4 is 77.9 Å². The van der Waals surface area contributed by atoms with Crippen molar-refractivity contribution in [3.05, 3.63) is 0 Å². The van der Waals surface area contributed by atoms with E-state index in [0.29, 0.717) is 0 Å². The summed E-state index contributed by atoms with van der Waals surface area (Å²) >= 11 is 30.5. The number of alkyl halides is 6. The zero-order valence-electron chi connectivity index (χ0n) is 11.8. The maximum atomic E-state index is 10.7. The molecule has 0 unspecified atom stereocenters. The zero-order chi connectivity index (χ0) is 16.8. The Labute approximate surface area is 152 Å². The molecule has 0 N–H and O–H groups in total. The van der Waals surface area contributed by atoms with Crippen molar-refractivity contribution in [2.24, 2.45) is 0 Å². The second-order valence-corrected chi connectivity index (χ2v) is 8.61. The average molecular weight is 433 g/mol. The van der Waals surface area contributed by atoms with Gasteiger partial charge in [-0.05, 0) is 0 Å². The Balaban J connectivity index is -0.000000297. The van der Waals surface area contributed by atoms with Crippen molar-refractivity contribution < 1.29 is 13.6 Å². The number of hydrogen-bond donors (Lipinski definition) is 0. The van der Waals surface area contributed by atoms with Crippen LogP contribution in [0.15, 0.2) is 0 Å². The first-order valence-corrected chi connectivity index (χ1v) is 9.48. The molecular weight excluding hydrogens is 412 g/mol. The number of halogens is 6. The lowest BCUT2D eigenvalue weighted by Crippen LogP contribution is -2.08. The molecule has 0 aliphatic carbocycles. The number of unbranched alkanes of at least 4 members (excludes halogenated alkanes) is 2. The first-order valence-electron chi connectivity index (χ1n) is 5.98. The van der Waals surface area contributed by atoms with Gasteiger partial charge in [-0.2, -0.15) is 0 Å². The molecule has 126 valence electrons. The van der Waals surface area contributed by atoms with Crippen LogP contribution >= 0.6 is 77.9 Å². The molecule has 0 saturated carbocycles. The smallest absolute Gasteiger partial charge is 0.263 e. The highest BCUT2D eigenvalue weighted by Gasteiger charge is 2.30. The molecule has 0 spiro atoms. The van der Waals surface area contributed by atoms with E-state index in [-0.39, 0.29) is 0 Å². The van der Waals surface area contributed by atoms with Crippen molar-refractivity contribution in [3.63, 3.8) is 0 Å². The van der Waals surface area contributed by atoms with Crippen molar-refractivity contribution in [2.75, 3.05) is 0 Å². The zero-order valence-corrected chi connectivity index (χ0v) is 17.4. The van der Waals surface area contributed by atoms with Crippen molar-refractivity contribution in [2.45, 2.75) is 61.3 Å². The third-order valence-electron chi connectivity index (χ3n) is 1.40. The van der Waals surface area contributed by atoms with Gasteiger partial charge in [-0.15, -0.1) is 0 Å². The minimum Gasteiger partial charge on any atom is -0.263 e. The minimum atomic E-state index is -3.15. The fourth-order valence-corrected chi connectivity index (χ4v) is 1.76. The molecule has 0 aromatic carbocycles. The van der Waals surface area contributed by atoms with E-state index in [9.17, 15) is 4.57 Å². The summed E-state index contributed by atoms with van der Waals surface area (Å²) in [6.07, 6.45) is 5.28. The topological polar surface area (TPSA) is 35.5 Å². The van der Waals surface area contributed by atoms with Crippen LogP contribution in [0.2, 0.25) is 0 Å². The van der Waals surface area contributed by atoms with Gasteiger partial charge in [-0.1, -0.05) is 123 Å². The summed E-state index contributed by atoms with van der Waals surface area (Å²) in [6, 6.07) is 0. The van der Waals surface area contributed by atoms with Gasteiger partial charge in [-0.25, -0.2) is 0 Å². The molecule has 0 aromatic rings. The van der Waals surface area contributed by atoms with E-state index in [4.69, 9.17) is 69.6 Å². The monoisotopic (exact) mass is 430 g/mol. The largest absolute Gasteiger partial charge is 0.326 e.